The van der Waals surface area contributed by atoms with Crippen LogP contribution in [0.1, 0.15) is 0 Å². The van der Waals surface area contributed by atoms with Crippen molar-refractivity contribution in [3.05, 3.63) is 11.6 Å². The molecule has 2 nitrogen and oxygen atoms in total. The molecule has 0 aromatic carbocycles. The smallest absolute Gasteiger partial charge is 0.248 e. The van der Waals surface area contributed by atoms with Gasteiger partial charge in [-0.1, -0.05) is 0 Å². The van der Waals surface area contributed by atoms with E-state index in [1.807, 2.05) is 0 Å². The Labute approximate surface area is 56.9 Å². The van der Waals surface area contributed by atoms with Crippen LogP contribution < -0.4 is 0 Å². The van der Waals surface area contributed by atoms with Gasteiger partial charge >= 0.3 is 6.18 Å². The summed E-state index contributed by atoms with van der Waals surface area (Å²) >= 11 is 0. The van der Waals surface area contributed by atoms with Crippen molar-refractivity contribution in [3.8, 4) is 0 Å². The zero-order valence-electron chi connectivity index (χ0n) is 4.55. The number of halogens is 3. The summed E-state index contributed by atoms with van der Waals surface area (Å²) in [5.74, 6) is 0. The van der Waals surface area contributed by atoms with Gasteiger partial charge < -0.3 is 0 Å². The predicted octanol–water partition coefficient (Wildman–Crippen LogP) is 1.18. The minimum absolute atomic E-state index is 0.888. The molecule has 1 atom stereocenters. The fraction of sp³-hybridized carbons (Fsp3) is 0.250. The first-order valence-corrected chi connectivity index (χ1v) is 3.45. The summed E-state index contributed by atoms with van der Waals surface area (Å²) in [4.78, 5) is 2.90. The normalized spacial score (nSPS) is 25.1. The predicted molar refractivity (Wildman–Crippen MR) is 30.8 cm³/mol. The Hall–Kier alpha value is -0.650. The fourth-order valence-corrected chi connectivity index (χ4v) is 1.15. The molecule has 0 aliphatic carbocycles. The van der Waals surface area contributed by atoms with Crippen molar-refractivity contribution in [2.24, 2.45) is 4.99 Å². The Kier molecular flexibility index (Phi) is 1.63. The van der Waals surface area contributed by atoms with E-state index in [2.05, 4.69) is 4.99 Å². The fourth-order valence-electron chi connectivity index (χ4n) is 0.457. The molecule has 0 N–H and O–H groups in total. The summed E-state index contributed by atoms with van der Waals surface area (Å²) in [6.45, 7) is 0. The van der Waals surface area contributed by atoms with E-state index in [0.717, 1.165) is 11.6 Å². The van der Waals surface area contributed by atoms with Crippen molar-refractivity contribution < 1.29 is 17.4 Å². The van der Waals surface area contributed by atoms with Crippen molar-refractivity contribution in [1.29, 1.82) is 0 Å². The van der Waals surface area contributed by atoms with Gasteiger partial charge in [0.25, 0.3) is 0 Å². The first-order chi connectivity index (χ1) is 4.52. The van der Waals surface area contributed by atoms with Gasteiger partial charge in [0.1, 0.15) is 10.8 Å². The molecule has 0 aromatic heterocycles. The summed E-state index contributed by atoms with van der Waals surface area (Å²) in [5, 5.41) is -0.337. The highest BCUT2D eigenvalue weighted by Crippen LogP contribution is 2.22. The minimum Gasteiger partial charge on any atom is -0.248 e. The van der Waals surface area contributed by atoms with Gasteiger partial charge in [0.2, 0.25) is 5.04 Å². The van der Waals surface area contributed by atoms with E-state index in [1.165, 1.54) is 0 Å². The van der Waals surface area contributed by atoms with Crippen LogP contribution in [0.3, 0.4) is 0 Å². The van der Waals surface area contributed by atoms with E-state index in [0.29, 0.717) is 0 Å². The average Bonchev–Trinajstić information content (AvgIpc) is 2.11. The highest BCUT2D eigenvalue weighted by Gasteiger charge is 2.40. The number of hydrogen-bond acceptors (Lipinski definition) is 2. The van der Waals surface area contributed by atoms with Gasteiger partial charge in [-0.25, -0.2) is 9.20 Å². The molecule has 0 fully saturated rings. The zero-order valence-corrected chi connectivity index (χ0v) is 5.37. The molecule has 1 unspecified atom stereocenters. The van der Waals surface area contributed by atoms with Gasteiger partial charge in [0, 0.05) is 11.6 Å². The molecule has 0 saturated carbocycles. The molecule has 0 bridgehead atoms. The van der Waals surface area contributed by atoms with E-state index < -0.39 is 22.0 Å². The molecule has 1 rings (SSSR count). The summed E-state index contributed by atoms with van der Waals surface area (Å²) in [6, 6.07) is 0. The molecule has 1 aliphatic rings. The third kappa shape index (κ3) is 1.26. The van der Waals surface area contributed by atoms with Crippen LogP contribution in [0.15, 0.2) is 16.6 Å². The van der Waals surface area contributed by atoms with E-state index in [4.69, 9.17) is 0 Å². The maximum absolute atomic E-state index is 11.6. The number of alkyl halides is 3. The summed E-state index contributed by atoms with van der Waals surface area (Å²) in [7, 11) is -2.09. The standard InChI is InChI=1S/C4H2F3NOS/c5-4(6,7)3-8-1-2-10(3)9/h1-2H. The summed E-state index contributed by atoms with van der Waals surface area (Å²) in [5.41, 5.74) is 0. The summed E-state index contributed by atoms with van der Waals surface area (Å²) in [6.07, 6.45) is -3.67. The maximum atomic E-state index is 11.6. The molecule has 0 amide bonds. The van der Waals surface area contributed by atoms with Crippen LogP contribution in [0.5, 0.6) is 0 Å². The van der Waals surface area contributed by atoms with Crippen LogP contribution in [0.4, 0.5) is 13.2 Å². The monoisotopic (exact) mass is 169 g/mol. The zero-order chi connectivity index (χ0) is 7.78. The minimum atomic E-state index is -4.56. The Morgan fingerprint density at radius 1 is 1.50 bits per heavy atom. The lowest BCUT2D eigenvalue weighted by Crippen LogP contribution is -2.24. The quantitative estimate of drug-likeness (QED) is 0.535. The first kappa shape index (κ1) is 7.46. The van der Waals surface area contributed by atoms with Crippen molar-refractivity contribution in [1.82, 2.24) is 0 Å². The van der Waals surface area contributed by atoms with Gasteiger partial charge in [-0.2, -0.15) is 13.2 Å². The van der Waals surface area contributed by atoms with Gasteiger partial charge in [-0.05, 0) is 0 Å². The topological polar surface area (TPSA) is 29.4 Å². The second-order valence-electron chi connectivity index (χ2n) is 1.51. The first-order valence-electron chi connectivity index (χ1n) is 2.24. The Bertz CT molecular complexity index is 229. The highest BCUT2D eigenvalue weighted by atomic mass is 32.2. The lowest BCUT2D eigenvalue weighted by atomic mass is 10.7. The van der Waals surface area contributed by atoms with E-state index in [-0.39, 0.29) is 0 Å². The second kappa shape index (κ2) is 2.19. The van der Waals surface area contributed by atoms with E-state index in [1.54, 1.807) is 0 Å². The molecular formula is C4H2F3NOS. The Balaban J connectivity index is 2.88. The van der Waals surface area contributed by atoms with Gasteiger partial charge in [-0.3, -0.25) is 0 Å². The summed E-state index contributed by atoms with van der Waals surface area (Å²) < 4.78 is 45.3. The molecule has 0 radical (unpaired) electrons. The molecule has 6 heteroatoms. The molecular weight excluding hydrogens is 167 g/mol. The molecule has 1 aliphatic heterocycles. The number of rotatable bonds is 0. The molecule has 0 spiro atoms. The average molecular weight is 169 g/mol. The Morgan fingerprint density at radius 3 is 2.30 bits per heavy atom. The maximum Gasteiger partial charge on any atom is 0.442 e. The van der Waals surface area contributed by atoms with Crippen molar-refractivity contribution in [3.63, 3.8) is 0 Å². The van der Waals surface area contributed by atoms with Crippen LogP contribution >= 0.6 is 0 Å². The van der Waals surface area contributed by atoms with Crippen LogP contribution in [0, 0.1) is 0 Å². The van der Waals surface area contributed by atoms with Crippen LogP contribution in [-0.4, -0.2) is 15.4 Å². The second-order valence-corrected chi connectivity index (χ2v) is 2.77. The lowest BCUT2D eigenvalue weighted by molar-refractivity contribution is -0.0555. The largest absolute Gasteiger partial charge is 0.442 e. The van der Waals surface area contributed by atoms with Crippen molar-refractivity contribution in [2.75, 3.05) is 0 Å². The van der Waals surface area contributed by atoms with Gasteiger partial charge in [0.15, 0.2) is 0 Å². The van der Waals surface area contributed by atoms with E-state index >= 15 is 0 Å². The Morgan fingerprint density at radius 2 is 2.10 bits per heavy atom. The molecule has 1 heterocycles. The van der Waals surface area contributed by atoms with Gasteiger partial charge in [0.05, 0.1) is 0 Å². The third-order valence-electron chi connectivity index (χ3n) is 0.809. The molecule has 10 heavy (non-hydrogen) atoms. The van der Waals surface area contributed by atoms with Crippen LogP contribution in [0.25, 0.3) is 0 Å². The SMILES string of the molecule is O=S1C=CN=C1C(F)(F)F. The number of hydrogen-bond donors (Lipinski definition) is 0. The number of aliphatic imine (C=N–C) groups is 1. The van der Waals surface area contributed by atoms with E-state index in [9.17, 15) is 17.4 Å². The van der Waals surface area contributed by atoms with Crippen LogP contribution in [0.2, 0.25) is 0 Å². The number of nitrogens with zero attached hydrogens (tertiary/aromatic N) is 1. The molecule has 56 valence electrons. The molecule has 0 aromatic rings. The van der Waals surface area contributed by atoms with Crippen molar-refractivity contribution in [2.45, 2.75) is 6.18 Å². The third-order valence-corrected chi connectivity index (χ3v) is 1.90. The van der Waals surface area contributed by atoms with Crippen molar-refractivity contribution >= 4 is 15.8 Å². The molecule has 0 saturated heterocycles. The van der Waals surface area contributed by atoms with Crippen LogP contribution in [-0.2, 0) is 10.8 Å². The van der Waals surface area contributed by atoms with Gasteiger partial charge in [-0.15, -0.1) is 0 Å². The highest BCUT2D eigenvalue weighted by molar-refractivity contribution is 8.03. The lowest BCUT2D eigenvalue weighted by Gasteiger charge is -2.02.